The summed E-state index contributed by atoms with van der Waals surface area (Å²) in [5, 5.41) is 3.11. The van der Waals surface area contributed by atoms with Gasteiger partial charge in [-0.1, -0.05) is 29.8 Å². The molecule has 144 valence electrons. The van der Waals surface area contributed by atoms with Crippen LogP contribution in [0.2, 0.25) is 0 Å². The Balaban J connectivity index is 1.45. The Morgan fingerprint density at radius 2 is 1.67 bits per heavy atom. The summed E-state index contributed by atoms with van der Waals surface area (Å²) < 4.78 is 5.22. The summed E-state index contributed by atoms with van der Waals surface area (Å²) in [6, 6.07) is 16.5. The van der Waals surface area contributed by atoms with E-state index in [1.54, 1.807) is 7.11 Å². The van der Waals surface area contributed by atoms with Crippen LogP contribution < -0.4 is 15.0 Å². The number of nitrogens with zero attached hydrogens (tertiary/aromatic N) is 2. The highest BCUT2D eigenvalue weighted by Gasteiger charge is 2.20. The topological polar surface area (TPSA) is 44.8 Å². The molecule has 5 heteroatoms. The molecule has 1 heterocycles. The highest BCUT2D eigenvalue weighted by molar-refractivity contribution is 5.78. The van der Waals surface area contributed by atoms with Crippen molar-refractivity contribution in [3.8, 4) is 5.75 Å². The van der Waals surface area contributed by atoms with Crippen molar-refractivity contribution in [2.75, 3.05) is 44.7 Å². The highest BCUT2D eigenvalue weighted by atomic mass is 16.5. The van der Waals surface area contributed by atoms with Crippen LogP contribution in [-0.4, -0.2) is 50.6 Å². The second-order valence-electron chi connectivity index (χ2n) is 7.16. The molecule has 0 spiro atoms. The number of hydrogen-bond acceptors (Lipinski definition) is 4. The lowest BCUT2D eigenvalue weighted by Gasteiger charge is -2.36. The van der Waals surface area contributed by atoms with Gasteiger partial charge in [-0.2, -0.15) is 0 Å². The van der Waals surface area contributed by atoms with E-state index < -0.39 is 0 Å². The molecule has 1 amide bonds. The molecule has 1 aliphatic heterocycles. The van der Waals surface area contributed by atoms with E-state index in [0.717, 1.165) is 37.5 Å². The minimum absolute atomic E-state index is 0.0266. The molecule has 1 fully saturated rings. The molecule has 0 aliphatic carbocycles. The summed E-state index contributed by atoms with van der Waals surface area (Å²) in [6.45, 7) is 8.17. The SMILES string of the molecule is COc1ccc(N2CCN(CC(=O)N[C@@H](C)c3ccc(C)cc3)CC2)cc1. The second kappa shape index (κ2) is 8.91. The van der Waals surface area contributed by atoms with E-state index in [-0.39, 0.29) is 11.9 Å². The molecule has 0 bridgehead atoms. The number of carbonyl (C=O) groups is 1. The van der Waals surface area contributed by atoms with Crippen LogP contribution in [0.25, 0.3) is 0 Å². The third-order valence-electron chi connectivity index (χ3n) is 5.13. The van der Waals surface area contributed by atoms with Crippen LogP contribution in [-0.2, 0) is 4.79 Å². The Bertz CT molecular complexity index is 735. The Kier molecular flexibility index (Phi) is 6.35. The zero-order valence-corrected chi connectivity index (χ0v) is 16.4. The lowest BCUT2D eigenvalue weighted by atomic mass is 10.1. The smallest absolute Gasteiger partial charge is 0.234 e. The van der Waals surface area contributed by atoms with Crippen molar-refractivity contribution in [1.82, 2.24) is 10.2 Å². The summed E-state index contributed by atoms with van der Waals surface area (Å²) in [6.07, 6.45) is 0. The number of nitrogens with one attached hydrogen (secondary N) is 1. The number of ether oxygens (including phenoxy) is 1. The van der Waals surface area contributed by atoms with Gasteiger partial charge in [-0.15, -0.1) is 0 Å². The molecule has 0 radical (unpaired) electrons. The van der Waals surface area contributed by atoms with Gasteiger partial charge in [-0.3, -0.25) is 9.69 Å². The number of amides is 1. The minimum Gasteiger partial charge on any atom is -0.497 e. The van der Waals surface area contributed by atoms with Crippen LogP contribution in [0, 0.1) is 6.92 Å². The van der Waals surface area contributed by atoms with Crippen molar-refractivity contribution in [2.45, 2.75) is 19.9 Å². The van der Waals surface area contributed by atoms with Gasteiger partial charge in [-0.05, 0) is 43.7 Å². The molecule has 1 aliphatic rings. The molecule has 0 aromatic heterocycles. The number of carbonyl (C=O) groups excluding carboxylic acids is 1. The molecule has 3 rings (SSSR count). The lowest BCUT2D eigenvalue weighted by Crippen LogP contribution is -2.49. The Labute approximate surface area is 161 Å². The van der Waals surface area contributed by atoms with E-state index in [0.29, 0.717) is 6.54 Å². The maximum Gasteiger partial charge on any atom is 0.234 e. The minimum atomic E-state index is 0.0266. The molecular weight excluding hydrogens is 338 g/mol. The summed E-state index contributed by atoms with van der Waals surface area (Å²) in [7, 11) is 1.68. The average Bonchev–Trinajstić information content (AvgIpc) is 2.69. The maximum absolute atomic E-state index is 12.4. The summed E-state index contributed by atoms with van der Waals surface area (Å²) in [5.74, 6) is 0.956. The molecule has 0 unspecified atom stereocenters. The molecule has 2 aromatic carbocycles. The van der Waals surface area contributed by atoms with Crippen LogP contribution >= 0.6 is 0 Å². The van der Waals surface area contributed by atoms with E-state index in [2.05, 4.69) is 58.4 Å². The fraction of sp³-hybridized carbons (Fsp3) is 0.409. The zero-order chi connectivity index (χ0) is 19.2. The van der Waals surface area contributed by atoms with Gasteiger partial charge in [0.1, 0.15) is 5.75 Å². The van der Waals surface area contributed by atoms with E-state index in [9.17, 15) is 4.79 Å². The number of methoxy groups -OCH3 is 1. The van der Waals surface area contributed by atoms with E-state index >= 15 is 0 Å². The fourth-order valence-electron chi connectivity index (χ4n) is 3.39. The average molecular weight is 367 g/mol. The van der Waals surface area contributed by atoms with Crippen LogP contribution in [0.15, 0.2) is 48.5 Å². The molecule has 2 aromatic rings. The summed E-state index contributed by atoms with van der Waals surface area (Å²) >= 11 is 0. The second-order valence-corrected chi connectivity index (χ2v) is 7.16. The number of aryl methyl sites for hydroxylation is 1. The van der Waals surface area contributed by atoms with Crippen molar-refractivity contribution in [3.05, 3.63) is 59.7 Å². The van der Waals surface area contributed by atoms with Gasteiger partial charge in [-0.25, -0.2) is 0 Å². The number of piperazine rings is 1. The Morgan fingerprint density at radius 3 is 2.26 bits per heavy atom. The predicted molar refractivity (Wildman–Crippen MR) is 109 cm³/mol. The van der Waals surface area contributed by atoms with Gasteiger partial charge in [0.25, 0.3) is 0 Å². The third-order valence-corrected chi connectivity index (χ3v) is 5.13. The molecule has 1 saturated heterocycles. The maximum atomic E-state index is 12.4. The first-order valence-electron chi connectivity index (χ1n) is 9.52. The standard InChI is InChI=1S/C22H29N3O2/c1-17-4-6-19(7-5-17)18(2)23-22(26)16-24-12-14-25(15-13-24)20-8-10-21(27-3)11-9-20/h4-11,18H,12-16H2,1-3H3,(H,23,26)/t18-/m0/s1. The fourth-order valence-corrected chi connectivity index (χ4v) is 3.39. The highest BCUT2D eigenvalue weighted by Crippen LogP contribution is 2.20. The summed E-state index contributed by atoms with van der Waals surface area (Å²) in [5.41, 5.74) is 3.57. The predicted octanol–water partition coefficient (Wildman–Crippen LogP) is 3.00. The number of hydrogen-bond donors (Lipinski definition) is 1. The van der Waals surface area contributed by atoms with Crippen LogP contribution in [0.5, 0.6) is 5.75 Å². The van der Waals surface area contributed by atoms with Gasteiger partial charge >= 0.3 is 0 Å². The molecular formula is C22H29N3O2. The van der Waals surface area contributed by atoms with Crippen LogP contribution in [0.4, 0.5) is 5.69 Å². The Morgan fingerprint density at radius 1 is 1.04 bits per heavy atom. The largest absolute Gasteiger partial charge is 0.497 e. The quantitative estimate of drug-likeness (QED) is 0.853. The first kappa shape index (κ1) is 19.2. The van der Waals surface area contributed by atoms with Crippen molar-refractivity contribution in [3.63, 3.8) is 0 Å². The summed E-state index contributed by atoms with van der Waals surface area (Å²) in [4.78, 5) is 17.0. The van der Waals surface area contributed by atoms with Crippen LogP contribution in [0.3, 0.4) is 0 Å². The van der Waals surface area contributed by atoms with Gasteiger partial charge in [0.05, 0.1) is 19.7 Å². The Hall–Kier alpha value is -2.53. The van der Waals surface area contributed by atoms with Gasteiger partial charge in [0, 0.05) is 31.9 Å². The van der Waals surface area contributed by atoms with E-state index in [1.807, 2.05) is 19.1 Å². The number of rotatable bonds is 6. The van der Waals surface area contributed by atoms with Gasteiger partial charge in [0.2, 0.25) is 5.91 Å². The monoisotopic (exact) mass is 367 g/mol. The molecule has 5 nitrogen and oxygen atoms in total. The normalized spacial score (nSPS) is 16.0. The third kappa shape index (κ3) is 5.23. The van der Waals surface area contributed by atoms with Crippen molar-refractivity contribution < 1.29 is 9.53 Å². The van der Waals surface area contributed by atoms with Crippen LogP contribution in [0.1, 0.15) is 24.1 Å². The molecule has 1 N–H and O–H groups in total. The van der Waals surface area contributed by atoms with Gasteiger partial charge < -0.3 is 15.0 Å². The van der Waals surface area contributed by atoms with E-state index in [4.69, 9.17) is 4.74 Å². The van der Waals surface area contributed by atoms with Gasteiger partial charge in [0.15, 0.2) is 0 Å². The zero-order valence-electron chi connectivity index (χ0n) is 16.4. The van der Waals surface area contributed by atoms with Crippen molar-refractivity contribution in [1.29, 1.82) is 0 Å². The number of anilines is 1. The molecule has 27 heavy (non-hydrogen) atoms. The number of benzene rings is 2. The molecule has 0 saturated carbocycles. The van der Waals surface area contributed by atoms with Crippen molar-refractivity contribution >= 4 is 11.6 Å². The molecule has 1 atom stereocenters. The van der Waals surface area contributed by atoms with E-state index in [1.165, 1.54) is 11.3 Å². The van der Waals surface area contributed by atoms with Crippen molar-refractivity contribution in [2.24, 2.45) is 0 Å². The first-order valence-corrected chi connectivity index (χ1v) is 9.52. The lowest BCUT2D eigenvalue weighted by molar-refractivity contribution is -0.123. The first-order chi connectivity index (χ1) is 13.0.